The van der Waals surface area contributed by atoms with Crippen LogP contribution in [-0.2, 0) is 0 Å². The summed E-state index contributed by atoms with van der Waals surface area (Å²) in [6.45, 7) is 11.3. The molecular weight excluding hydrogens is 264 g/mol. The Labute approximate surface area is 130 Å². The van der Waals surface area contributed by atoms with Gasteiger partial charge in [0.25, 0.3) is 0 Å². The van der Waals surface area contributed by atoms with E-state index in [1.807, 2.05) is 4.90 Å². The van der Waals surface area contributed by atoms with Gasteiger partial charge in [-0.2, -0.15) is 0 Å². The summed E-state index contributed by atoms with van der Waals surface area (Å²) in [6.07, 6.45) is 5.45. The van der Waals surface area contributed by atoms with E-state index in [1.54, 1.807) is 0 Å². The molecule has 2 N–H and O–H groups in total. The van der Waals surface area contributed by atoms with Gasteiger partial charge < -0.3 is 15.3 Å². The first-order chi connectivity index (χ1) is 9.84. The van der Waals surface area contributed by atoms with Gasteiger partial charge >= 0.3 is 6.03 Å². The number of piperidine rings is 1. The molecule has 0 aromatic carbocycles. The molecule has 0 radical (unpaired) electrons. The highest BCUT2D eigenvalue weighted by Crippen LogP contribution is 2.23. The molecule has 0 bridgehead atoms. The number of carbonyl (C=O) groups excluding carboxylic acids is 1. The Morgan fingerprint density at radius 2 is 2.14 bits per heavy atom. The molecule has 124 valence electrons. The molecule has 4 heteroatoms. The number of aliphatic hydroxyl groups is 1. The summed E-state index contributed by atoms with van der Waals surface area (Å²) in [5.41, 5.74) is -0.0434. The Balaban J connectivity index is 2.25. The molecule has 1 unspecified atom stereocenters. The molecule has 1 fully saturated rings. The number of urea groups is 1. The Kier molecular flexibility index (Phi) is 7.50. The fourth-order valence-corrected chi connectivity index (χ4v) is 3.06. The van der Waals surface area contributed by atoms with Gasteiger partial charge in [0.2, 0.25) is 0 Å². The van der Waals surface area contributed by atoms with Crippen LogP contribution in [0.3, 0.4) is 0 Å². The number of hydrogen-bond donors (Lipinski definition) is 2. The van der Waals surface area contributed by atoms with Gasteiger partial charge in [0.1, 0.15) is 0 Å². The zero-order valence-corrected chi connectivity index (χ0v) is 14.3. The van der Waals surface area contributed by atoms with Crippen molar-refractivity contribution >= 4 is 6.03 Å². The van der Waals surface area contributed by atoms with Crippen molar-refractivity contribution in [1.29, 1.82) is 0 Å². The molecule has 1 aliphatic heterocycles. The van der Waals surface area contributed by atoms with E-state index < -0.39 is 0 Å². The van der Waals surface area contributed by atoms with Gasteiger partial charge in [-0.25, -0.2) is 4.79 Å². The maximum atomic E-state index is 12.2. The summed E-state index contributed by atoms with van der Waals surface area (Å²) < 4.78 is 0. The number of hydrogen-bond acceptors (Lipinski definition) is 2. The minimum atomic E-state index is -0.0434. The van der Waals surface area contributed by atoms with Crippen LogP contribution in [0.2, 0.25) is 0 Å². The third kappa shape index (κ3) is 7.16. The quantitative estimate of drug-likeness (QED) is 0.709. The molecule has 0 saturated carbocycles. The van der Waals surface area contributed by atoms with Crippen LogP contribution >= 0.6 is 0 Å². The van der Waals surface area contributed by atoms with Crippen LogP contribution < -0.4 is 5.32 Å². The summed E-state index contributed by atoms with van der Waals surface area (Å²) in [6, 6.07) is 0.0882. The molecule has 0 aromatic rings. The molecule has 1 rings (SSSR count). The van der Waals surface area contributed by atoms with Gasteiger partial charge in [-0.1, -0.05) is 27.7 Å². The van der Waals surface area contributed by atoms with Crippen molar-refractivity contribution in [2.24, 2.45) is 17.3 Å². The van der Waals surface area contributed by atoms with Crippen molar-refractivity contribution in [3.05, 3.63) is 0 Å². The molecule has 1 saturated heterocycles. The second-order valence-electron chi connectivity index (χ2n) is 7.74. The second-order valence-corrected chi connectivity index (χ2v) is 7.74. The Hall–Kier alpha value is -0.770. The van der Waals surface area contributed by atoms with Gasteiger partial charge in [-0.3, -0.25) is 0 Å². The van der Waals surface area contributed by atoms with E-state index >= 15 is 0 Å². The third-order valence-corrected chi connectivity index (χ3v) is 4.35. The summed E-state index contributed by atoms with van der Waals surface area (Å²) in [5.74, 6) is 1.37. The number of nitrogens with one attached hydrogen (secondary N) is 1. The monoisotopic (exact) mass is 298 g/mol. The number of rotatable bonds is 7. The van der Waals surface area contributed by atoms with Gasteiger partial charge in [-0.05, 0) is 49.4 Å². The van der Waals surface area contributed by atoms with Crippen molar-refractivity contribution in [3.8, 4) is 0 Å². The van der Waals surface area contributed by atoms with Gasteiger partial charge in [0.15, 0.2) is 0 Å². The van der Waals surface area contributed by atoms with Gasteiger partial charge in [0.05, 0.1) is 0 Å². The summed E-state index contributed by atoms with van der Waals surface area (Å²) >= 11 is 0. The maximum absolute atomic E-state index is 12.2. The lowest BCUT2D eigenvalue weighted by molar-refractivity contribution is 0.145. The zero-order valence-electron chi connectivity index (χ0n) is 14.3. The molecule has 0 aliphatic carbocycles. The normalized spacial score (nSPS) is 19.9. The van der Waals surface area contributed by atoms with Crippen LogP contribution in [0.1, 0.15) is 59.8 Å². The molecule has 1 heterocycles. The summed E-state index contributed by atoms with van der Waals surface area (Å²) in [4.78, 5) is 14.2. The van der Waals surface area contributed by atoms with Crippen LogP contribution in [0.25, 0.3) is 0 Å². The smallest absolute Gasteiger partial charge is 0.317 e. The molecule has 0 spiro atoms. The summed E-state index contributed by atoms with van der Waals surface area (Å²) in [7, 11) is 0. The van der Waals surface area contributed by atoms with Crippen molar-refractivity contribution in [3.63, 3.8) is 0 Å². The topological polar surface area (TPSA) is 52.6 Å². The molecule has 1 atom stereocenters. The first-order valence-electron chi connectivity index (χ1n) is 8.47. The second kappa shape index (κ2) is 8.62. The SMILES string of the molecule is CC(C)CC1CCCN(C(=O)NCCCC(C)(C)CO)C1. The van der Waals surface area contributed by atoms with Crippen LogP contribution in [0.4, 0.5) is 4.79 Å². The predicted octanol–water partition coefficient (Wildman–Crippen LogP) is 3.25. The van der Waals surface area contributed by atoms with Crippen LogP contribution in [0.15, 0.2) is 0 Å². The van der Waals surface area contributed by atoms with Crippen molar-refractivity contribution in [2.45, 2.75) is 59.8 Å². The Bertz CT molecular complexity index is 316. The van der Waals surface area contributed by atoms with E-state index in [9.17, 15) is 9.90 Å². The van der Waals surface area contributed by atoms with E-state index in [0.29, 0.717) is 18.4 Å². The average molecular weight is 298 g/mol. The fourth-order valence-electron chi connectivity index (χ4n) is 3.06. The van der Waals surface area contributed by atoms with Gasteiger partial charge in [-0.15, -0.1) is 0 Å². The van der Waals surface area contributed by atoms with E-state index in [0.717, 1.165) is 32.4 Å². The van der Waals surface area contributed by atoms with E-state index in [2.05, 4.69) is 33.0 Å². The Morgan fingerprint density at radius 3 is 2.76 bits per heavy atom. The highest BCUT2D eigenvalue weighted by molar-refractivity contribution is 5.74. The lowest BCUT2D eigenvalue weighted by Gasteiger charge is -2.33. The molecule has 2 amide bonds. The third-order valence-electron chi connectivity index (χ3n) is 4.35. The highest BCUT2D eigenvalue weighted by atomic mass is 16.3. The van der Waals surface area contributed by atoms with Crippen LogP contribution in [-0.4, -0.2) is 42.3 Å². The minimum Gasteiger partial charge on any atom is -0.396 e. The van der Waals surface area contributed by atoms with E-state index in [4.69, 9.17) is 0 Å². The average Bonchev–Trinajstić information content (AvgIpc) is 2.43. The maximum Gasteiger partial charge on any atom is 0.317 e. The van der Waals surface area contributed by atoms with Gasteiger partial charge in [0, 0.05) is 26.2 Å². The lowest BCUT2D eigenvalue weighted by Crippen LogP contribution is -2.46. The van der Waals surface area contributed by atoms with Crippen molar-refractivity contribution in [2.75, 3.05) is 26.2 Å². The number of carbonyl (C=O) groups is 1. The lowest BCUT2D eigenvalue weighted by atomic mass is 9.89. The molecule has 21 heavy (non-hydrogen) atoms. The molecular formula is C17H34N2O2. The molecule has 1 aliphatic rings. The van der Waals surface area contributed by atoms with E-state index in [-0.39, 0.29) is 18.1 Å². The van der Waals surface area contributed by atoms with Crippen molar-refractivity contribution in [1.82, 2.24) is 10.2 Å². The molecule has 0 aromatic heterocycles. The predicted molar refractivity (Wildman–Crippen MR) is 87.3 cm³/mol. The van der Waals surface area contributed by atoms with Crippen molar-refractivity contribution < 1.29 is 9.90 Å². The largest absolute Gasteiger partial charge is 0.396 e. The number of likely N-dealkylation sites (tertiary alicyclic amines) is 1. The first kappa shape index (κ1) is 18.3. The van der Waals surface area contributed by atoms with E-state index in [1.165, 1.54) is 12.8 Å². The fraction of sp³-hybridized carbons (Fsp3) is 0.941. The number of nitrogens with zero attached hydrogens (tertiary/aromatic N) is 1. The standard InChI is InChI=1S/C17H34N2O2/c1-14(2)11-15-7-5-10-19(12-15)16(21)18-9-6-8-17(3,4)13-20/h14-15,20H,5-13H2,1-4H3,(H,18,21). The first-order valence-corrected chi connectivity index (χ1v) is 8.47. The zero-order chi connectivity index (χ0) is 15.9. The minimum absolute atomic E-state index is 0.0434. The number of amides is 2. The van der Waals surface area contributed by atoms with Crippen LogP contribution in [0.5, 0.6) is 0 Å². The summed E-state index contributed by atoms with van der Waals surface area (Å²) in [5, 5.41) is 12.2. The number of aliphatic hydroxyl groups excluding tert-OH is 1. The Morgan fingerprint density at radius 1 is 1.43 bits per heavy atom. The highest BCUT2D eigenvalue weighted by Gasteiger charge is 2.24. The van der Waals surface area contributed by atoms with Crippen LogP contribution in [0, 0.1) is 17.3 Å². The molecule has 4 nitrogen and oxygen atoms in total.